The summed E-state index contributed by atoms with van der Waals surface area (Å²) in [5, 5.41) is 0.710. The SMILES string of the molecule is CC(C)=C(SC(C)C)C(C)C. The summed E-state index contributed by atoms with van der Waals surface area (Å²) in [4.78, 5) is 1.56. The van der Waals surface area contributed by atoms with Crippen molar-refractivity contribution in [2.75, 3.05) is 0 Å². The van der Waals surface area contributed by atoms with Gasteiger partial charge in [0.1, 0.15) is 0 Å². The van der Waals surface area contributed by atoms with E-state index < -0.39 is 0 Å². The number of allylic oxidation sites excluding steroid dienone is 2. The van der Waals surface area contributed by atoms with E-state index in [0.29, 0.717) is 11.2 Å². The molecule has 0 heterocycles. The average molecular weight is 172 g/mol. The Hall–Kier alpha value is 0.0900. The second kappa shape index (κ2) is 4.87. The van der Waals surface area contributed by atoms with Crippen molar-refractivity contribution < 1.29 is 0 Å². The molecule has 0 amide bonds. The van der Waals surface area contributed by atoms with E-state index in [1.54, 1.807) is 4.91 Å². The van der Waals surface area contributed by atoms with Crippen LogP contribution >= 0.6 is 11.8 Å². The van der Waals surface area contributed by atoms with E-state index in [0.717, 1.165) is 0 Å². The highest BCUT2D eigenvalue weighted by Crippen LogP contribution is 2.30. The van der Waals surface area contributed by atoms with Crippen LogP contribution in [0.25, 0.3) is 0 Å². The first-order chi connectivity index (χ1) is 4.95. The molecule has 0 aliphatic rings. The second-order valence-corrected chi connectivity index (χ2v) is 5.30. The zero-order valence-electron chi connectivity index (χ0n) is 8.56. The van der Waals surface area contributed by atoms with Gasteiger partial charge in [-0.15, -0.1) is 11.8 Å². The molecule has 0 N–H and O–H groups in total. The van der Waals surface area contributed by atoms with Crippen molar-refractivity contribution in [3.8, 4) is 0 Å². The molecule has 0 aromatic carbocycles. The van der Waals surface area contributed by atoms with Gasteiger partial charge in [0.05, 0.1) is 0 Å². The molecule has 0 aliphatic heterocycles. The highest BCUT2D eigenvalue weighted by molar-refractivity contribution is 8.03. The number of rotatable bonds is 3. The van der Waals surface area contributed by atoms with E-state index in [1.807, 2.05) is 11.8 Å². The van der Waals surface area contributed by atoms with Gasteiger partial charge in [-0.25, -0.2) is 0 Å². The summed E-state index contributed by atoms with van der Waals surface area (Å²) in [5.41, 5.74) is 1.47. The lowest BCUT2D eigenvalue weighted by Crippen LogP contribution is -1.97. The largest absolute Gasteiger partial charge is 0.128 e. The van der Waals surface area contributed by atoms with Crippen LogP contribution in [0.15, 0.2) is 10.5 Å². The van der Waals surface area contributed by atoms with E-state index in [9.17, 15) is 0 Å². The Morgan fingerprint density at radius 1 is 1.00 bits per heavy atom. The standard InChI is InChI=1S/C10H20S/c1-7(2)10(8(3)4)11-9(5)6/h7,9H,1-6H3. The Kier molecular flexibility index (Phi) is 4.91. The molecule has 0 rings (SSSR count). The minimum atomic E-state index is 0.687. The van der Waals surface area contributed by atoms with Crippen molar-refractivity contribution in [1.82, 2.24) is 0 Å². The lowest BCUT2D eigenvalue weighted by Gasteiger charge is -2.15. The fourth-order valence-corrected chi connectivity index (χ4v) is 2.10. The highest BCUT2D eigenvalue weighted by atomic mass is 32.2. The maximum Gasteiger partial charge on any atom is 0.00346 e. The molecular formula is C10H20S. The monoisotopic (exact) mass is 172 g/mol. The van der Waals surface area contributed by atoms with Crippen molar-refractivity contribution >= 4 is 11.8 Å². The van der Waals surface area contributed by atoms with Crippen LogP contribution in [0.4, 0.5) is 0 Å². The van der Waals surface area contributed by atoms with Gasteiger partial charge in [0.2, 0.25) is 0 Å². The van der Waals surface area contributed by atoms with E-state index in [-0.39, 0.29) is 0 Å². The topological polar surface area (TPSA) is 0 Å². The van der Waals surface area contributed by atoms with Crippen molar-refractivity contribution in [2.45, 2.75) is 46.8 Å². The lowest BCUT2D eigenvalue weighted by molar-refractivity contribution is 0.804. The Morgan fingerprint density at radius 3 is 1.55 bits per heavy atom. The van der Waals surface area contributed by atoms with E-state index >= 15 is 0 Å². The third-order valence-electron chi connectivity index (χ3n) is 1.38. The number of hydrogen-bond acceptors (Lipinski definition) is 1. The molecule has 0 unspecified atom stereocenters. The van der Waals surface area contributed by atoms with Gasteiger partial charge in [-0.05, 0) is 24.7 Å². The molecule has 0 aliphatic carbocycles. The maximum atomic E-state index is 2.26. The van der Waals surface area contributed by atoms with Gasteiger partial charge in [-0.3, -0.25) is 0 Å². The van der Waals surface area contributed by atoms with E-state index in [2.05, 4.69) is 41.5 Å². The first kappa shape index (κ1) is 11.1. The fourth-order valence-electron chi connectivity index (χ4n) is 1.09. The van der Waals surface area contributed by atoms with Crippen molar-refractivity contribution in [1.29, 1.82) is 0 Å². The first-order valence-electron chi connectivity index (χ1n) is 4.29. The van der Waals surface area contributed by atoms with Crippen molar-refractivity contribution in [2.24, 2.45) is 5.92 Å². The van der Waals surface area contributed by atoms with Gasteiger partial charge in [-0.1, -0.05) is 33.3 Å². The normalized spacial score (nSPS) is 10.9. The Bertz CT molecular complexity index is 139. The minimum Gasteiger partial charge on any atom is -0.128 e. The molecule has 0 aromatic heterocycles. The van der Waals surface area contributed by atoms with Crippen LogP contribution in [0.5, 0.6) is 0 Å². The third kappa shape index (κ3) is 4.52. The molecule has 0 spiro atoms. The quantitative estimate of drug-likeness (QED) is 0.618. The molecule has 0 nitrogen and oxygen atoms in total. The molecule has 66 valence electrons. The summed E-state index contributed by atoms with van der Waals surface area (Å²) in [6.07, 6.45) is 0. The second-order valence-electron chi connectivity index (χ2n) is 3.69. The van der Waals surface area contributed by atoms with Crippen LogP contribution in [-0.2, 0) is 0 Å². The molecule has 11 heavy (non-hydrogen) atoms. The van der Waals surface area contributed by atoms with E-state index in [1.165, 1.54) is 5.57 Å². The van der Waals surface area contributed by atoms with Gasteiger partial charge < -0.3 is 0 Å². The summed E-state index contributed by atoms with van der Waals surface area (Å²) in [6.45, 7) is 13.4. The molecule has 0 bridgehead atoms. The molecule has 0 saturated heterocycles. The van der Waals surface area contributed by atoms with Crippen molar-refractivity contribution in [3.63, 3.8) is 0 Å². The van der Waals surface area contributed by atoms with Gasteiger partial charge in [0.25, 0.3) is 0 Å². The number of hydrogen-bond donors (Lipinski definition) is 0. The van der Waals surface area contributed by atoms with Gasteiger partial charge in [0, 0.05) is 5.25 Å². The van der Waals surface area contributed by atoms with Gasteiger partial charge in [0.15, 0.2) is 0 Å². The summed E-state index contributed by atoms with van der Waals surface area (Å²) in [7, 11) is 0. The van der Waals surface area contributed by atoms with Crippen LogP contribution in [0.1, 0.15) is 41.5 Å². The molecule has 0 radical (unpaired) electrons. The zero-order chi connectivity index (χ0) is 9.02. The summed E-state index contributed by atoms with van der Waals surface area (Å²) in [6, 6.07) is 0. The fraction of sp³-hybridized carbons (Fsp3) is 0.800. The average Bonchev–Trinajstić information content (AvgIpc) is 1.81. The zero-order valence-corrected chi connectivity index (χ0v) is 9.38. The predicted molar refractivity (Wildman–Crippen MR) is 55.9 cm³/mol. The Labute approximate surface area is 75.5 Å². The van der Waals surface area contributed by atoms with Gasteiger partial charge in [-0.2, -0.15) is 0 Å². The maximum absolute atomic E-state index is 2.26. The highest BCUT2D eigenvalue weighted by Gasteiger charge is 2.07. The Morgan fingerprint density at radius 2 is 1.45 bits per heavy atom. The Balaban J connectivity index is 4.26. The molecule has 0 atom stereocenters. The third-order valence-corrected chi connectivity index (χ3v) is 2.98. The molecular weight excluding hydrogens is 152 g/mol. The molecule has 1 heteroatoms. The molecule has 0 saturated carbocycles. The van der Waals surface area contributed by atoms with E-state index in [4.69, 9.17) is 0 Å². The smallest absolute Gasteiger partial charge is 0.00346 e. The molecule has 0 fully saturated rings. The first-order valence-corrected chi connectivity index (χ1v) is 5.17. The van der Waals surface area contributed by atoms with Crippen molar-refractivity contribution in [3.05, 3.63) is 10.5 Å². The predicted octanol–water partition coefficient (Wildman–Crippen LogP) is 4.08. The molecule has 0 aromatic rings. The van der Waals surface area contributed by atoms with Crippen LogP contribution in [-0.4, -0.2) is 5.25 Å². The van der Waals surface area contributed by atoms with Crippen LogP contribution in [0.2, 0.25) is 0 Å². The minimum absolute atomic E-state index is 0.687. The van der Waals surface area contributed by atoms with Crippen LogP contribution in [0.3, 0.4) is 0 Å². The summed E-state index contributed by atoms with van der Waals surface area (Å²) < 4.78 is 0. The lowest BCUT2D eigenvalue weighted by atomic mass is 10.1. The summed E-state index contributed by atoms with van der Waals surface area (Å²) in [5.74, 6) is 0.687. The van der Waals surface area contributed by atoms with Crippen LogP contribution < -0.4 is 0 Å². The number of thioether (sulfide) groups is 1. The summed E-state index contributed by atoms with van der Waals surface area (Å²) >= 11 is 2.00. The van der Waals surface area contributed by atoms with Crippen LogP contribution in [0, 0.1) is 5.92 Å². The van der Waals surface area contributed by atoms with Gasteiger partial charge >= 0.3 is 0 Å².